The molecular weight excluding hydrogens is 388 g/mol. The zero-order valence-corrected chi connectivity index (χ0v) is 17.8. The third kappa shape index (κ3) is 4.21. The number of pyridine rings is 1. The molecule has 0 spiro atoms. The molecule has 5 nitrogen and oxygen atoms in total. The minimum atomic E-state index is -0.149. The van der Waals surface area contributed by atoms with Crippen LogP contribution in [-0.2, 0) is 0 Å². The average Bonchev–Trinajstić information content (AvgIpc) is 2.83. The second-order valence-corrected chi connectivity index (χ2v) is 7.24. The number of nitrogens with one attached hydrogen (secondary N) is 1. The van der Waals surface area contributed by atoms with Crippen LogP contribution in [0.15, 0.2) is 78.9 Å². The van der Waals surface area contributed by atoms with Crippen LogP contribution in [0.5, 0.6) is 11.5 Å². The van der Waals surface area contributed by atoms with Crippen LogP contribution >= 0.6 is 0 Å². The van der Waals surface area contributed by atoms with Crippen molar-refractivity contribution in [1.29, 1.82) is 0 Å². The predicted octanol–water partition coefficient (Wildman–Crippen LogP) is 5.41. The Labute approximate surface area is 181 Å². The molecule has 0 fully saturated rings. The van der Waals surface area contributed by atoms with Crippen molar-refractivity contribution in [3.05, 3.63) is 90.0 Å². The largest absolute Gasteiger partial charge is 0.497 e. The van der Waals surface area contributed by atoms with E-state index in [0.717, 1.165) is 22.0 Å². The Morgan fingerprint density at radius 3 is 2.39 bits per heavy atom. The lowest BCUT2D eigenvalue weighted by Gasteiger charge is -2.16. The number of methoxy groups -OCH3 is 2. The lowest BCUT2D eigenvalue weighted by atomic mass is 10.0. The fraction of sp³-hybridized carbons (Fsp3) is 0.154. The number of ether oxygens (including phenoxy) is 2. The summed E-state index contributed by atoms with van der Waals surface area (Å²) in [6.07, 6.45) is 0. The summed E-state index contributed by atoms with van der Waals surface area (Å²) in [6.45, 7) is 1.98. The van der Waals surface area contributed by atoms with Crippen molar-refractivity contribution in [3.63, 3.8) is 0 Å². The molecule has 0 aliphatic rings. The first-order chi connectivity index (χ1) is 15.1. The lowest BCUT2D eigenvalue weighted by Crippen LogP contribution is -2.27. The first kappa shape index (κ1) is 20.4. The molecule has 0 aliphatic heterocycles. The van der Waals surface area contributed by atoms with Gasteiger partial charge in [0.05, 0.1) is 37.0 Å². The first-order valence-corrected chi connectivity index (χ1v) is 10.1. The maximum absolute atomic E-state index is 13.3. The van der Waals surface area contributed by atoms with Crippen molar-refractivity contribution in [3.8, 4) is 22.8 Å². The Hall–Kier alpha value is -3.86. The molecule has 1 N–H and O–H groups in total. The van der Waals surface area contributed by atoms with Crippen LogP contribution in [0.2, 0.25) is 0 Å². The van der Waals surface area contributed by atoms with Gasteiger partial charge in [0, 0.05) is 17.0 Å². The van der Waals surface area contributed by atoms with E-state index in [1.165, 1.54) is 0 Å². The minimum Gasteiger partial charge on any atom is -0.497 e. The summed E-state index contributed by atoms with van der Waals surface area (Å²) in [5, 5.41) is 3.91. The molecule has 0 saturated heterocycles. The van der Waals surface area contributed by atoms with Crippen LogP contribution in [0.25, 0.3) is 22.2 Å². The van der Waals surface area contributed by atoms with E-state index in [1.54, 1.807) is 14.2 Å². The maximum Gasteiger partial charge on any atom is 0.252 e. The molecule has 1 amide bonds. The highest BCUT2D eigenvalue weighted by atomic mass is 16.5. The quantitative estimate of drug-likeness (QED) is 0.460. The number of rotatable bonds is 6. The monoisotopic (exact) mass is 412 g/mol. The standard InChI is InChI=1S/C26H24N2O3/c1-17(18-9-5-4-6-10-18)27-26(29)22-16-24(28-23-12-8-7-11-20(22)23)21-14-13-19(30-2)15-25(21)31-3/h4-17H,1-3H3,(H,27,29). The predicted molar refractivity (Wildman–Crippen MR) is 123 cm³/mol. The van der Waals surface area contributed by atoms with Gasteiger partial charge in [0.15, 0.2) is 0 Å². The van der Waals surface area contributed by atoms with Crippen LogP contribution in [0.4, 0.5) is 0 Å². The molecule has 156 valence electrons. The topological polar surface area (TPSA) is 60.5 Å². The van der Waals surface area contributed by atoms with Gasteiger partial charge in [-0.3, -0.25) is 4.79 Å². The SMILES string of the molecule is COc1ccc(-c2cc(C(=O)NC(C)c3ccccc3)c3ccccc3n2)c(OC)c1. The number of amides is 1. The smallest absolute Gasteiger partial charge is 0.252 e. The van der Waals surface area contributed by atoms with Gasteiger partial charge in [0.25, 0.3) is 5.91 Å². The highest BCUT2D eigenvalue weighted by Crippen LogP contribution is 2.34. The molecule has 3 aromatic carbocycles. The number of aromatic nitrogens is 1. The number of para-hydroxylation sites is 1. The summed E-state index contributed by atoms with van der Waals surface area (Å²) in [5.74, 6) is 1.17. The molecule has 5 heteroatoms. The molecule has 0 radical (unpaired) electrons. The summed E-state index contributed by atoms with van der Waals surface area (Å²) in [4.78, 5) is 18.1. The zero-order chi connectivity index (χ0) is 21.8. The molecule has 0 saturated carbocycles. The summed E-state index contributed by atoms with van der Waals surface area (Å²) in [7, 11) is 3.22. The van der Waals surface area contributed by atoms with E-state index in [1.807, 2.05) is 85.8 Å². The molecule has 4 rings (SSSR count). The molecule has 1 heterocycles. The first-order valence-electron chi connectivity index (χ1n) is 10.1. The van der Waals surface area contributed by atoms with Crippen LogP contribution in [0.1, 0.15) is 28.9 Å². The minimum absolute atomic E-state index is 0.125. The summed E-state index contributed by atoms with van der Waals surface area (Å²) >= 11 is 0. The third-order valence-corrected chi connectivity index (χ3v) is 5.29. The summed E-state index contributed by atoms with van der Waals surface area (Å²) < 4.78 is 10.9. The van der Waals surface area contributed by atoms with E-state index in [2.05, 4.69) is 5.32 Å². The van der Waals surface area contributed by atoms with Crippen LogP contribution in [-0.4, -0.2) is 25.1 Å². The normalized spacial score (nSPS) is 11.7. The van der Waals surface area contributed by atoms with Gasteiger partial charge in [-0.15, -0.1) is 0 Å². The molecule has 0 bridgehead atoms. The Morgan fingerprint density at radius 2 is 1.65 bits per heavy atom. The molecule has 1 unspecified atom stereocenters. The van der Waals surface area contributed by atoms with Crippen LogP contribution in [0.3, 0.4) is 0 Å². The average molecular weight is 412 g/mol. The van der Waals surface area contributed by atoms with E-state index in [-0.39, 0.29) is 11.9 Å². The maximum atomic E-state index is 13.3. The van der Waals surface area contributed by atoms with Crippen molar-refractivity contribution < 1.29 is 14.3 Å². The number of benzene rings is 3. The number of carbonyl (C=O) groups excluding carboxylic acids is 1. The number of hydrogen-bond donors (Lipinski definition) is 1. The third-order valence-electron chi connectivity index (χ3n) is 5.29. The number of carbonyl (C=O) groups is 1. The van der Waals surface area contributed by atoms with Gasteiger partial charge in [-0.2, -0.15) is 0 Å². The van der Waals surface area contributed by atoms with E-state index >= 15 is 0 Å². The second-order valence-electron chi connectivity index (χ2n) is 7.24. The highest BCUT2D eigenvalue weighted by Gasteiger charge is 2.18. The highest BCUT2D eigenvalue weighted by molar-refractivity contribution is 6.07. The molecule has 1 aromatic heterocycles. The number of hydrogen-bond acceptors (Lipinski definition) is 4. The molecule has 0 aliphatic carbocycles. The van der Waals surface area contributed by atoms with Crippen molar-refractivity contribution in [1.82, 2.24) is 10.3 Å². The van der Waals surface area contributed by atoms with Gasteiger partial charge < -0.3 is 14.8 Å². The van der Waals surface area contributed by atoms with Crippen molar-refractivity contribution in [2.75, 3.05) is 14.2 Å². The van der Waals surface area contributed by atoms with Gasteiger partial charge in [0.1, 0.15) is 11.5 Å². The van der Waals surface area contributed by atoms with Crippen molar-refractivity contribution in [2.24, 2.45) is 0 Å². The Morgan fingerprint density at radius 1 is 0.903 bits per heavy atom. The number of nitrogens with zero attached hydrogens (tertiary/aromatic N) is 1. The fourth-order valence-electron chi connectivity index (χ4n) is 3.61. The summed E-state index contributed by atoms with van der Waals surface area (Å²) in [5.41, 5.74) is 3.82. The Kier molecular flexibility index (Phi) is 5.85. The summed E-state index contributed by atoms with van der Waals surface area (Å²) in [6, 6.07) is 24.8. The van der Waals surface area contributed by atoms with Gasteiger partial charge in [-0.1, -0.05) is 48.5 Å². The van der Waals surface area contributed by atoms with E-state index in [4.69, 9.17) is 14.5 Å². The van der Waals surface area contributed by atoms with E-state index in [9.17, 15) is 4.79 Å². The lowest BCUT2D eigenvalue weighted by molar-refractivity contribution is 0.0941. The van der Waals surface area contributed by atoms with Crippen molar-refractivity contribution in [2.45, 2.75) is 13.0 Å². The van der Waals surface area contributed by atoms with Gasteiger partial charge in [-0.25, -0.2) is 4.98 Å². The molecular formula is C26H24N2O3. The molecule has 1 atom stereocenters. The number of fused-ring (bicyclic) bond motifs is 1. The van der Waals surface area contributed by atoms with E-state index in [0.29, 0.717) is 22.8 Å². The van der Waals surface area contributed by atoms with Crippen LogP contribution < -0.4 is 14.8 Å². The van der Waals surface area contributed by atoms with E-state index < -0.39 is 0 Å². The van der Waals surface area contributed by atoms with Gasteiger partial charge >= 0.3 is 0 Å². The fourth-order valence-corrected chi connectivity index (χ4v) is 3.61. The molecule has 31 heavy (non-hydrogen) atoms. The second kappa shape index (κ2) is 8.88. The van der Waals surface area contributed by atoms with Crippen LogP contribution in [0, 0.1) is 0 Å². The van der Waals surface area contributed by atoms with Gasteiger partial charge in [0.2, 0.25) is 0 Å². The molecule has 4 aromatic rings. The zero-order valence-electron chi connectivity index (χ0n) is 17.8. The Balaban J connectivity index is 1.78. The van der Waals surface area contributed by atoms with Crippen molar-refractivity contribution >= 4 is 16.8 Å². The Bertz CT molecular complexity index is 1220. The van der Waals surface area contributed by atoms with Gasteiger partial charge in [-0.05, 0) is 36.8 Å².